The molecular weight excluding hydrogens is 452 g/mol. The van der Waals surface area contributed by atoms with Gasteiger partial charge in [-0.2, -0.15) is 0 Å². The maximum atomic E-state index is 13.2. The van der Waals surface area contributed by atoms with Crippen molar-refractivity contribution in [1.29, 1.82) is 0 Å². The number of amides is 2. The van der Waals surface area contributed by atoms with E-state index in [1.54, 1.807) is 24.5 Å². The van der Waals surface area contributed by atoms with Gasteiger partial charge in [0.15, 0.2) is 0 Å². The van der Waals surface area contributed by atoms with Crippen molar-refractivity contribution >= 4 is 29.0 Å². The molecular formula is C28H32N6O2. The molecule has 0 radical (unpaired) electrons. The zero-order chi connectivity index (χ0) is 25.1. The summed E-state index contributed by atoms with van der Waals surface area (Å²) in [5.41, 5.74) is 9.97. The van der Waals surface area contributed by atoms with Gasteiger partial charge in [-0.25, -0.2) is 4.98 Å². The number of nitrogen functional groups attached to an aromatic ring is 1. The Hall–Kier alpha value is -3.94. The highest BCUT2D eigenvalue weighted by atomic mass is 16.2. The van der Waals surface area contributed by atoms with E-state index in [0.717, 1.165) is 37.4 Å². The Labute approximate surface area is 211 Å². The number of likely N-dealkylation sites (tertiary alicyclic amines) is 1. The molecule has 186 valence electrons. The standard InChI is InChI=1S/C28H32N6O2/c1-19-25(32-27(35)22-6-9-26(31-17-22)33-12-2-3-13-33)16-23(18-30-19)28(36)34-14-10-21(11-15-34)20-4-7-24(29)8-5-20/h4-9,16-18,21H,2-3,10-15,29H2,1H3,(H,32,35). The van der Waals surface area contributed by atoms with Crippen molar-refractivity contribution in [3.05, 3.63) is 77.2 Å². The zero-order valence-electron chi connectivity index (χ0n) is 20.6. The fourth-order valence-corrected chi connectivity index (χ4v) is 4.99. The predicted octanol–water partition coefficient (Wildman–Crippen LogP) is 4.24. The first-order valence-electron chi connectivity index (χ1n) is 12.6. The average Bonchev–Trinajstić information content (AvgIpc) is 3.45. The molecule has 2 fully saturated rings. The van der Waals surface area contributed by atoms with Crippen LogP contribution in [0.1, 0.15) is 63.6 Å². The lowest BCUT2D eigenvalue weighted by Crippen LogP contribution is -2.38. The maximum absolute atomic E-state index is 13.2. The van der Waals surface area contributed by atoms with Crippen LogP contribution in [0.2, 0.25) is 0 Å². The monoisotopic (exact) mass is 484 g/mol. The van der Waals surface area contributed by atoms with Crippen LogP contribution in [0.4, 0.5) is 17.2 Å². The lowest BCUT2D eigenvalue weighted by Gasteiger charge is -2.32. The van der Waals surface area contributed by atoms with Crippen LogP contribution in [0.25, 0.3) is 0 Å². The molecule has 2 aliphatic rings. The Morgan fingerprint density at radius 1 is 0.917 bits per heavy atom. The number of aromatic nitrogens is 2. The Morgan fingerprint density at radius 2 is 1.61 bits per heavy atom. The summed E-state index contributed by atoms with van der Waals surface area (Å²) in [5, 5.41) is 2.91. The number of anilines is 3. The van der Waals surface area contributed by atoms with Crippen molar-refractivity contribution in [2.45, 2.75) is 38.5 Å². The molecule has 8 nitrogen and oxygen atoms in total. The summed E-state index contributed by atoms with van der Waals surface area (Å²) in [5.74, 6) is 0.987. The van der Waals surface area contributed by atoms with E-state index in [2.05, 4.69) is 32.3 Å². The molecule has 2 amide bonds. The van der Waals surface area contributed by atoms with Crippen LogP contribution < -0.4 is 16.0 Å². The van der Waals surface area contributed by atoms with Crippen LogP contribution in [-0.4, -0.2) is 52.9 Å². The van der Waals surface area contributed by atoms with Crippen LogP contribution in [-0.2, 0) is 0 Å². The van der Waals surface area contributed by atoms with E-state index in [0.29, 0.717) is 41.5 Å². The first-order valence-corrected chi connectivity index (χ1v) is 12.6. The summed E-state index contributed by atoms with van der Waals surface area (Å²) in [4.78, 5) is 39.0. The van der Waals surface area contributed by atoms with Crippen LogP contribution >= 0.6 is 0 Å². The molecule has 2 aliphatic heterocycles. The summed E-state index contributed by atoms with van der Waals surface area (Å²) in [6, 6.07) is 13.4. The Balaban J connectivity index is 1.22. The number of nitrogens with two attached hydrogens (primary N) is 1. The summed E-state index contributed by atoms with van der Waals surface area (Å²) >= 11 is 0. The summed E-state index contributed by atoms with van der Waals surface area (Å²) in [6.45, 7) is 5.18. The SMILES string of the molecule is Cc1ncc(C(=O)N2CCC(c3ccc(N)cc3)CC2)cc1NC(=O)c1ccc(N2CCCC2)nc1. The van der Waals surface area contributed by atoms with E-state index in [1.165, 1.54) is 18.4 Å². The van der Waals surface area contributed by atoms with Gasteiger partial charge < -0.3 is 20.9 Å². The van der Waals surface area contributed by atoms with Crippen LogP contribution in [0.15, 0.2) is 54.9 Å². The van der Waals surface area contributed by atoms with E-state index in [1.807, 2.05) is 30.0 Å². The van der Waals surface area contributed by atoms with Crippen LogP contribution in [0.3, 0.4) is 0 Å². The predicted molar refractivity (Wildman–Crippen MR) is 141 cm³/mol. The second kappa shape index (κ2) is 10.4. The van der Waals surface area contributed by atoms with Gasteiger partial charge in [-0.05, 0) is 74.4 Å². The third-order valence-corrected chi connectivity index (χ3v) is 7.21. The third-order valence-electron chi connectivity index (χ3n) is 7.21. The molecule has 4 heterocycles. The summed E-state index contributed by atoms with van der Waals surface area (Å²) in [7, 11) is 0. The van der Waals surface area contributed by atoms with E-state index in [-0.39, 0.29) is 11.8 Å². The highest BCUT2D eigenvalue weighted by Gasteiger charge is 2.25. The second-order valence-electron chi connectivity index (χ2n) is 9.64. The number of carbonyl (C=O) groups excluding carboxylic acids is 2. The van der Waals surface area contributed by atoms with Gasteiger partial charge in [0.05, 0.1) is 22.5 Å². The molecule has 8 heteroatoms. The normalized spacial score (nSPS) is 16.2. The number of pyridine rings is 2. The summed E-state index contributed by atoms with van der Waals surface area (Å²) < 4.78 is 0. The number of hydrogen-bond donors (Lipinski definition) is 2. The number of nitrogens with one attached hydrogen (secondary N) is 1. The molecule has 0 unspecified atom stereocenters. The van der Waals surface area contributed by atoms with E-state index in [9.17, 15) is 9.59 Å². The molecule has 2 saturated heterocycles. The van der Waals surface area contributed by atoms with Gasteiger partial charge >= 0.3 is 0 Å². The van der Waals surface area contributed by atoms with E-state index >= 15 is 0 Å². The number of aryl methyl sites for hydroxylation is 1. The molecule has 0 spiro atoms. The zero-order valence-corrected chi connectivity index (χ0v) is 20.6. The van der Waals surface area contributed by atoms with Crippen LogP contribution in [0, 0.1) is 6.92 Å². The molecule has 2 aromatic heterocycles. The summed E-state index contributed by atoms with van der Waals surface area (Å²) in [6.07, 6.45) is 7.34. The smallest absolute Gasteiger partial charge is 0.257 e. The molecule has 0 aliphatic carbocycles. The van der Waals surface area contributed by atoms with E-state index in [4.69, 9.17) is 5.73 Å². The fourth-order valence-electron chi connectivity index (χ4n) is 4.99. The van der Waals surface area contributed by atoms with Gasteiger partial charge in [0.2, 0.25) is 0 Å². The fraction of sp³-hybridized carbons (Fsp3) is 0.357. The second-order valence-corrected chi connectivity index (χ2v) is 9.64. The van der Waals surface area contributed by atoms with Crippen molar-refractivity contribution < 1.29 is 9.59 Å². The van der Waals surface area contributed by atoms with Gasteiger partial charge in [0.25, 0.3) is 11.8 Å². The van der Waals surface area contributed by atoms with Gasteiger partial charge in [-0.3, -0.25) is 14.6 Å². The molecule has 3 aromatic rings. The molecule has 1 aromatic carbocycles. The van der Waals surface area contributed by atoms with Gasteiger partial charge in [0.1, 0.15) is 5.82 Å². The minimum atomic E-state index is -0.269. The first kappa shape index (κ1) is 23.8. The highest BCUT2D eigenvalue weighted by molar-refractivity contribution is 6.05. The van der Waals surface area contributed by atoms with Crippen molar-refractivity contribution in [3.8, 4) is 0 Å². The van der Waals surface area contributed by atoms with Crippen molar-refractivity contribution in [1.82, 2.24) is 14.9 Å². The quantitative estimate of drug-likeness (QED) is 0.525. The minimum absolute atomic E-state index is 0.0645. The van der Waals surface area contributed by atoms with Crippen molar-refractivity contribution in [2.24, 2.45) is 0 Å². The molecule has 36 heavy (non-hydrogen) atoms. The molecule has 5 rings (SSSR count). The Morgan fingerprint density at radius 3 is 2.28 bits per heavy atom. The number of piperidine rings is 1. The average molecular weight is 485 g/mol. The lowest BCUT2D eigenvalue weighted by molar-refractivity contribution is 0.0712. The number of nitrogens with zero attached hydrogens (tertiary/aromatic N) is 4. The molecule has 0 atom stereocenters. The Bertz CT molecular complexity index is 1230. The minimum Gasteiger partial charge on any atom is -0.399 e. The number of benzene rings is 1. The van der Waals surface area contributed by atoms with Gasteiger partial charge in [-0.15, -0.1) is 0 Å². The maximum Gasteiger partial charge on any atom is 0.257 e. The number of hydrogen-bond acceptors (Lipinski definition) is 6. The van der Waals surface area contributed by atoms with Crippen molar-refractivity contribution in [2.75, 3.05) is 42.1 Å². The third kappa shape index (κ3) is 5.17. The van der Waals surface area contributed by atoms with Gasteiger partial charge in [-0.1, -0.05) is 12.1 Å². The molecule has 0 saturated carbocycles. The molecule has 3 N–H and O–H groups in total. The lowest BCUT2D eigenvalue weighted by atomic mass is 9.89. The Kier molecular flexibility index (Phi) is 6.84. The van der Waals surface area contributed by atoms with Crippen molar-refractivity contribution in [3.63, 3.8) is 0 Å². The largest absolute Gasteiger partial charge is 0.399 e. The van der Waals surface area contributed by atoms with E-state index < -0.39 is 0 Å². The first-order chi connectivity index (χ1) is 17.5. The topological polar surface area (TPSA) is 104 Å². The number of carbonyl (C=O) groups is 2. The number of rotatable bonds is 5. The van der Waals surface area contributed by atoms with Gasteiger partial charge in [0, 0.05) is 44.3 Å². The highest BCUT2D eigenvalue weighted by Crippen LogP contribution is 2.29. The molecule has 0 bridgehead atoms. The van der Waals surface area contributed by atoms with Crippen LogP contribution in [0.5, 0.6) is 0 Å².